The van der Waals surface area contributed by atoms with Crippen molar-refractivity contribution in [3.8, 4) is 5.13 Å². The predicted molar refractivity (Wildman–Crippen MR) is 105 cm³/mol. The fourth-order valence-electron chi connectivity index (χ4n) is 3.08. The Morgan fingerprint density at radius 1 is 1.46 bits per heavy atom. The zero-order chi connectivity index (χ0) is 20.0. The average molecular weight is 422 g/mol. The van der Waals surface area contributed by atoms with E-state index in [2.05, 4.69) is 9.97 Å². The van der Waals surface area contributed by atoms with Crippen LogP contribution < -0.4 is 10.3 Å². The SMILES string of the molecule is CC[S@](=O)C1CN(c2nc3c(cc2F)c(=O)c(C(=O)O)cn3-c2nccs2)C1. The third-order valence-corrected chi connectivity index (χ3v) is 6.95. The molecule has 28 heavy (non-hydrogen) atoms. The Hall–Kier alpha value is -2.66. The Labute approximate surface area is 164 Å². The molecule has 0 aliphatic carbocycles. The predicted octanol–water partition coefficient (Wildman–Crippen LogP) is 1.64. The summed E-state index contributed by atoms with van der Waals surface area (Å²) >= 11 is 1.23. The number of halogens is 1. The van der Waals surface area contributed by atoms with E-state index in [-0.39, 0.29) is 22.1 Å². The van der Waals surface area contributed by atoms with Crippen molar-refractivity contribution < 1.29 is 18.5 Å². The maximum Gasteiger partial charge on any atom is 0.341 e. The highest BCUT2D eigenvalue weighted by Crippen LogP contribution is 2.28. The van der Waals surface area contributed by atoms with Crippen molar-refractivity contribution >= 4 is 45.0 Å². The number of carboxylic acids is 1. The summed E-state index contributed by atoms with van der Waals surface area (Å²) in [6.45, 7) is 2.65. The van der Waals surface area contributed by atoms with Gasteiger partial charge in [0.05, 0.1) is 10.6 Å². The van der Waals surface area contributed by atoms with Gasteiger partial charge < -0.3 is 10.0 Å². The molecule has 4 heterocycles. The molecule has 0 unspecified atom stereocenters. The zero-order valence-corrected chi connectivity index (χ0v) is 16.3. The van der Waals surface area contributed by atoms with Gasteiger partial charge in [0, 0.05) is 47.4 Å². The molecule has 3 aromatic rings. The van der Waals surface area contributed by atoms with Gasteiger partial charge in [-0.25, -0.2) is 19.2 Å². The highest BCUT2D eigenvalue weighted by molar-refractivity contribution is 7.85. The van der Waals surface area contributed by atoms with Gasteiger partial charge in [-0.3, -0.25) is 13.6 Å². The van der Waals surface area contributed by atoms with Crippen LogP contribution in [0.4, 0.5) is 10.2 Å². The molecular formula is C17H15FN4O4S2. The first-order chi connectivity index (χ1) is 13.4. The first-order valence-electron chi connectivity index (χ1n) is 8.42. The number of aromatic carboxylic acids is 1. The Morgan fingerprint density at radius 2 is 2.21 bits per heavy atom. The summed E-state index contributed by atoms with van der Waals surface area (Å²) in [7, 11) is -0.975. The normalized spacial score (nSPS) is 15.6. The van der Waals surface area contributed by atoms with Crippen molar-refractivity contribution in [2.24, 2.45) is 0 Å². The Kier molecular flexibility index (Phi) is 4.71. The number of carboxylic acid groups (broad SMARTS) is 1. The van der Waals surface area contributed by atoms with Gasteiger partial charge in [0.2, 0.25) is 5.43 Å². The molecule has 1 atom stereocenters. The molecule has 0 amide bonds. The van der Waals surface area contributed by atoms with Crippen LogP contribution in [0.2, 0.25) is 0 Å². The van der Waals surface area contributed by atoms with Crippen molar-refractivity contribution in [3.63, 3.8) is 0 Å². The second-order valence-electron chi connectivity index (χ2n) is 6.22. The molecule has 0 bridgehead atoms. The first kappa shape index (κ1) is 18.7. The number of aromatic nitrogens is 3. The highest BCUT2D eigenvalue weighted by Gasteiger charge is 2.34. The van der Waals surface area contributed by atoms with E-state index < -0.39 is 33.6 Å². The molecule has 146 valence electrons. The van der Waals surface area contributed by atoms with E-state index in [9.17, 15) is 23.3 Å². The Morgan fingerprint density at radius 3 is 2.82 bits per heavy atom. The summed E-state index contributed by atoms with van der Waals surface area (Å²) in [5, 5.41) is 11.3. The number of hydrogen-bond donors (Lipinski definition) is 1. The lowest BCUT2D eigenvalue weighted by Crippen LogP contribution is -2.54. The van der Waals surface area contributed by atoms with Crippen LogP contribution in [-0.4, -0.2) is 53.9 Å². The zero-order valence-electron chi connectivity index (χ0n) is 14.7. The quantitative estimate of drug-likeness (QED) is 0.666. The fourth-order valence-corrected chi connectivity index (χ4v) is 4.86. The molecule has 3 aromatic heterocycles. The monoisotopic (exact) mass is 422 g/mol. The second kappa shape index (κ2) is 7.06. The number of nitrogens with zero attached hydrogens (tertiary/aromatic N) is 4. The van der Waals surface area contributed by atoms with Crippen molar-refractivity contribution in [2.75, 3.05) is 23.7 Å². The number of hydrogen-bond acceptors (Lipinski definition) is 7. The Balaban J connectivity index is 1.88. The molecule has 1 saturated heterocycles. The summed E-state index contributed by atoms with van der Waals surface area (Å²) in [5.41, 5.74) is -1.16. The standard InChI is InChI=1S/C17H15FN4O4S2/c1-2-28(26)9-6-21(7-9)15-12(18)5-10-13(23)11(16(24)25)8-22(14(10)20-15)17-19-3-4-27-17/h3-5,8-9H,2,6-7H2,1H3,(H,24,25)/t28-/m0/s1. The van der Waals surface area contributed by atoms with E-state index in [1.165, 1.54) is 22.1 Å². The van der Waals surface area contributed by atoms with E-state index in [0.717, 1.165) is 12.3 Å². The average Bonchev–Trinajstić information content (AvgIpc) is 3.15. The summed E-state index contributed by atoms with van der Waals surface area (Å²) in [6.07, 6.45) is 2.69. The van der Waals surface area contributed by atoms with Crippen molar-refractivity contribution in [3.05, 3.63) is 45.4 Å². The van der Waals surface area contributed by atoms with Crippen LogP contribution in [0, 0.1) is 5.82 Å². The smallest absolute Gasteiger partial charge is 0.341 e. The molecule has 1 fully saturated rings. The molecule has 4 rings (SSSR count). The largest absolute Gasteiger partial charge is 0.477 e. The maximum absolute atomic E-state index is 14.7. The van der Waals surface area contributed by atoms with Gasteiger partial charge in [-0.2, -0.15) is 0 Å². The van der Waals surface area contributed by atoms with Crippen LogP contribution in [0.15, 0.2) is 28.6 Å². The lowest BCUT2D eigenvalue weighted by molar-refractivity contribution is 0.0695. The van der Waals surface area contributed by atoms with E-state index in [0.29, 0.717) is 24.0 Å². The molecule has 0 aromatic carbocycles. The fraction of sp³-hybridized carbons (Fsp3) is 0.294. The highest BCUT2D eigenvalue weighted by atomic mass is 32.2. The summed E-state index contributed by atoms with van der Waals surface area (Å²) in [4.78, 5) is 34.1. The van der Waals surface area contributed by atoms with Crippen LogP contribution >= 0.6 is 11.3 Å². The van der Waals surface area contributed by atoms with Crippen molar-refractivity contribution in [1.82, 2.24) is 14.5 Å². The van der Waals surface area contributed by atoms with Crippen LogP contribution in [0.25, 0.3) is 16.2 Å². The van der Waals surface area contributed by atoms with Crippen molar-refractivity contribution in [1.29, 1.82) is 0 Å². The van der Waals surface area contributed by atoms with E-state index >= 15 is 0 Å². The number of carbonyl (C=O) groups is 1. The van der Waals surface area contributed by atoms with Gasteiger partial charge >= 0.3 is 5.97 Å². The molecule has 11 heteroatoms. The molecule has 0 radical (unpaired) electrons. The van der Waals surface area contributed by atoms with Crippen LogP contribution in [0.3, 0.4) is 0 Å². The molecular weight excluding hydrogens is 407 g/mol. The minimum Gasteiger partial charge on any atom is -0.477 e. The number of thiazole rings is 1. The summed E-state index contributed by atoms with van der Waals surface area (Å²) in [6, 6.07) is 1.01. The lowest BCUT2D eigenvalue weighted by atomic mass is 10.1. The van der Waals surface area contributed by atoms with Gasteiger partial charge in [-0.15, -0.1) is 11.3 Å². The van der Waals surface area contributed by atoms with Crippen molar-refractivity contribution in [2.45, 2.75) is 12.2 Å². The molecule has 8 nitrogen and oxygen atoms in total. The minimum absolute atomic E-state index is 0.0440. The van der Waals surface area contributed by atoms with Gasteiger partial charge in [-0.05, 0) is 6.07 Å². The van der Waals surface area contributed by atoms with E-state index in [4.69, 9.17) is 0 Å². The molecule has 1 N–H and O–H groups in total. The number of anilines is 1. The molecule has 0 saturated carbocycles. The Bertz CT molecular complexity index is 1160. The topological polar surface area (TPSA) is 105 Å². The molecule has 1 aliphatic rings. The molecule has 0 spiro atoms. The third-order valence-electron chi connectivity index (χ3n) is 4.57. The van der Waals surface area contributed by atoms with Gasteiger partial charge in [0.15, 0.2) is 22.4 Å². The van der Waals surface area contributed by atoms with E-state index in [1.807, 2.05) is 6.92 Å². The minimum atomic E-state index is -1.41. The van der Waals surface area contributed by atoms with Crippen LogP contribution in [0.1, 0.15) is 17.3 Å². The van der Waals surface area contributed by atoms with Crippen LogP contribution in [0.5, 0.6) is 0 Å². The number of pyridine rings is 2. The van der Waals surface area contributed by atoms with Crippen LogP contribution in [-0.2, 0) is 10.8 Å². The summed E-state index contributed by atoms with van der Waals surface area (Å²) in [5.74, 6) is -1.55. The first-order valence-corrected chi connectivity index (χ1v) is 10.7. The second-order valence-corrected chi connectivity index (χ2v) is 9.10. The van der Waals surface area contributed by atoms with E-state index in [1.54, 1.807) is 10.3 Å². The maximum atomic E-state index is 14.7. The number of rotatable bonds is 5. The van der Waals surface area contributed by atoms with Gasteiger partial charge in [-0.1, -0.05) is 6.92 Å². The third kappa shape index (κ3) is 3.00. The van der Waals surface area contributed by atoms with Gasteiger partial charge in [0.1, 0.15) is 5.56 Å². The summed E-state index contributed by atoms with van der Waals surface area (Å²) < 4.78 is 28.0. The van der Waals surface area contributed by atoms with Gasteiger partial charge in [0.25, 0.3) is 0 Å². The molecule has 1 aliphatic heterocycles. The lowest BCUT2D eigenvalue weighted by Gasteiger charge is -2.39. The number of fused-ring (bicyclic) bond motifs is 1.